The Balaban J connectivity index is -0.0000000346. The average Bonchev–Trinajstić information content (AvgIpc) is 2.50. The van der Waals surface area contributed by atoms with Gasteiger partial charge in [-0.25, -0.2) is 9.59 Å². The predicted molar refractivity (Wildman–Crippen MR) is 120 cm³/mol. The summed E-state index contributed by atoms with van der Waals surface area (Å²) in [5, 5.41) is 31.7. The predicted octanol–water partition coefficient (Wildman–Crippen LogP) is 2.35. The molecule has 19 heteroatoms. The molecule has 0 radical (unpaired) electrons. The molecule has 0 saturated heterocycles. The first-order valence-electron chi connectivity index (χ1n) is 7.72. The normalized spacial score (nSPS) is 17.5. The Morgan fingerprint density at radius 3 is 1.00 bits per heavy atom. The molecule has 2 atom stereocenters. The van der Waals surface area contributed by atoms with Crippen LogP contribution in [-0.2, 0) is 77.8 Å². The van der Waals surface area contributed by atoms with Crippen molar-refractivity contribution in [2.75, 3.05) is 0 Å². The zero-order valence-corrected chi connectivity index (χ0v) is 26.0. The van der Waals surface area contributed by atoms with Crippen molar-refractivity contribution in [1.82, 2.24) is 24.6 Å². The molecule has 0 aromatic rings. The molecule has 2 saturated carbocycles. The summed E-state index contributed by atoms with van der Waals surface area (Å²) in [4.78, 5) is 38.9. The number of hydrogen-bond donors (Lipinski definition) is 10. The number of carboxylic acid groups (broad SMARTS) is 4. The summed E-state index contributed by atoms with van der Waals surface area (Å²) in [6.45, 7) is 0. The molecule has 2 aliphatic rings. The van der Waals surface area contributed by atoms with Gasteiger partial charge in [-0.2, -0.15) is 0 Å². The molecule has 34 heavy (non-hydrogen) atoms. The molecule has 0 aromatic heterocycles. The monoisotopic (exact) mass is 1090 g/mol. The van der Waals surface area contributed by atoms with Gasteiger partial charge in [0.15, 0.2) is 5.41 Å². The van der Waals surface area contributed by atoms with E-state index in [1.165, 1.54) is 12.8 Å². The number of rotatable bonds is 2. The SMILES string of the molecule is C.N.N.N.N.NC1CCCCC1N.O=C(O)C(=O)O.O=C(O)C1(C(=O)O)CCC1.[Cl][Pt][Cl].[Pt].[Pt]. The van der Waals surface area contributed by atoms with E-state index in [0.29, 0.717) is 6.42 Å². The van der Waals surface area contributed by atoms with E-state index in [9.17, 15) is 9.59 Å². The first-order chi connectivity index (χ1) is 12.5. The summed E-state index contributed by atoms with van der Waals surface area (Å²) < 4.78 is 0. The largest absolute Gasteiger partial charge is 0 e. The third-order valence-electron chi connectivity index (χ3n) is 4.08. The molecule has 0 bridgehead atoms. The molecule has 14 nitrogen and oxygen atoms in total. The van der Waals surface area contributed by atoms with E-state index < -0.39 is 45.8 Å². The maximum atomic E-state index is 10.4. The van der Waals surface area contributed by atoms with Crippen molar-refractivity contribution >= 4 is 42.7 Å². The third-order valence-corrected chi connectivity index (χ3v) is 4.08. The van der Waals surface area contributed by atoms with Crippen LogP contribution in [0.25, 0.3) is 0 Å². The van der Waals surface area contributed by atoms with Crippen LogP contribution < -0.4 is 36.1 Å². The summed E-state index contributed by atoms with van der Waals surface area (Å²) >= 11 is -0.472. The Morgan fingerprint density at radius 2 is 0.941 bits per heavy atom. The first kappa shape index (κ1) is 59.4. The van der Waals surface area contributed by atoms with E-state index in [1.807, 2.05) is 0 Å². The first-order valence-corrected chi connectivity index (χ1v) is 13.4. The van der Waals surface area contributed by atoms with Crippen LogP contribution in [0.2, 0.25) is 0 Å². The molecule has 2 aliphatic carbocycles. The minimum Gasteiger partial charge on any atom is 0 e. The van der Waals surface area contributed by atoms with Crippen molar-refractivity contribution in [2.24, 2.45) is 16.9 Å². The standard InChI is InChI=1S/C6H14N2.C6H8O4.C2H2O4.CH4.2ClH.4H3N.3Pt/c7-5-3-1-2-4-6(5)8;7-4(8)6(5(9)10)2-1-3-6;3-1(4)2(5)6;;;;;;;;;;/h5-6H,1-4,7-8H2;1-3H2,(H,7,8)(H,9,10);(H,3,4)(H,5,6);1H4;2*1H;4*1H3;;;/q;;;;;;;;;;;;+2/p-2. The fourth-order valence-electron chi connectivity index (χ4n) is 2.24. The van der Waals surface area contributed by atoms with Crippen LogP contribution in [0, 0.1) is 5.41 Å². The Labute approximate surface area is 245 Å². The summed E-state index contributed by atoms with van der Waals surface area (Å²) in [7, 11) is 9.75. The van der Waals surface area contributed by atoms with Gasteiger partial charge in [0.1, 0.15) is 0 Å². The van der Waals surface area contributed by atoms with E-state index in [1.54, 1.807) is 0 Å². The van der Waals surface area contributed by atoms with Crippen molar-refractivity contribution in [1.29, 1.82) is 0 Å². The number of nitrogens with two attached hydrogens (primary N) is 2. The molecule has 0 heterocycles. The Hall–Kier alpha value is 0.285. The van der Waals surface area contributed by atoms with Gasteiger partial charge in [0.05, 0.1) is 0 Å². The second-order valence-electron chi connectivity index (χ2n) is 5.81. The smallest absolute Gasteiger partial charge is 0 e. The minimum atomic E-state index is -1.82. The molecule has 0 spiro atoms. The summed E-state index contributed by atoms with van der Waals surface area (Å²) in [5.41, 5.74) is 9.86. The second kappa shape index (κ2) is 33.3. The minimum absolute atomic E-state index is 0. The van der Waals surface area contributed by atoms with E-state index in [-0.39, 0.29) is 99.1 Å². The van der Waals surface area contributed by atoms with Crippen LogP contribution in [0.15, 0.2) is 0 Å². The molecule has 2 fully saturated rings. The number of halogens is 2. The molecular formula is C15H40Cl2N6O8Pt3. The Morgan fingerprint density at radius 1 is 0.706 bits per heavy atom. The maximum absolute atomic E-state index is 10.4. The Bertz CT molecular complexity index is 489. The van der Waals surface area contributed by atoms with E-state index in [0.717, 1.165) is 12.8 Å². The van der Waals surface area contributed by atoms with Gasteiger partial charge in [0.25, 0.3) is 0 Å². The van der Waals surface area contributed by atoms with Gasteiger partial charge in [-0.1, -0.05) is 20.3 Å². The van der Waals surface area contributed by atoms with Crippen molar-refractivity contribution in [3.05, 3.63) is 0 Å². The van der Waals surface area contributed by atoms with E-state index >= 15 is 0 Å². The van der Waals surface area contributed by atoms with Gasteiger partial charge < -0.3 is 56.5 Å². The number of aliphatic carboxylic acids is 4. The van der Waals surface area contributed by atoms with Gasteiger partial charge in [0, 0.05) is 54.2 Å². The van der Waals surface area contributed by atoms with Gasteiger partial charge in [-0.15, -0.1) is 0 Å². The molecule has 0 amide bonds. The van der Waals surface area contributed by atoms with Crippen LogP contribution in [0.4, 0.5) is 0 Å². The molecule has 2 unspecified atom stereocenters. The number of carboxylic acids is 4. The fraction of sp³-hybridized carbons (Fsp3) is 0.733. The van der Waals surface area contributed by atoms with Gasteiger partial charge in [-0.05, 0) is 32.1 Å². The van der Waals surface area contributed by atoms with Gasteiger partial charge in [0.2, 0.25) is 0 Å². The molecule has 2 rings (SSSR count). The van der Waals surface area contributed by atoms with Crippen LogP contribution in [0.5, 0.6) is 0 Å². The molecule has 20 N–H and O–H groups in total. The third kappa shape index (κ3) is 25.4. The fourth-order valence-corrected chi connectivity index (χ4v) is 2.24. The zero-order chi connectivity index (χ0) is 21.6. The molecule has 0 aromatic carbocycles. The van der Waals surface area contributed by atoms with E-state index in [2.05, 4.69) is 0 Å². The van der Waals surface area contributed by atoms with Crippen molar-refractivity contribution in [3.63, 3.8) is 0 Å². The quantitative estimate of drug-likeness (QED) is 0.140. The summed E-state index contributed by atoms with van der Waals surface area (Å²) in [6.07, 6.45) is 6.06. The van der Waals surface area contributed by atoms with Crippen LogP contribution in [0.1, 0.15) is 52.4 Å². The molecule has 0 aliphatic heterocycles. The summed E-state index contributed by atoms with van der Waals surface area (Å²) in [6, 6.07) is 0.562. The average molecular weight is 1090 g/mol. The summed E-state index contributed by atoms with van der Waals surface area (Å²) in [5.74, 6) is -6.05. The zero-order valence-electron chi connectivity index (χ0n) is 17.7. The Kier molecular flexibility index (Phi) is 58.2. The van der Waals surface area contributed by atoms with Crippen LogP contribution in [0.3, 0.4) is 0 Å². The topological polar surface area (TPSA) is 341 Å². The van der Waals surface area contributed by atoms with Crippen molar-refractivity contribution in [2.45, 2.75) is 64.5 Å². The van der Waals surface area contributed by atoms with Gasteiger partial charge >= 0.3 is 59.2 Å². The van der Waals surface area contributed by atoms with Gasteiger partial charge in [-0.3, -0.25) is 9.59 Å². The molecular weight excluding hydrogens is 1050 g/mol. The van der Waals surface area contributed by atoms with Crippen LogP contribution in [-0.4, -0.2) is 56.4 Å². The molecule has 222 valence electrons. The number of hydrogen-bond acceptors (Lipinski definition) is 10. The van der Waals surface area contributed by atoms with Crippen LogP contribution >= 0.6 is 18.8 Å². The maximum Gasteiger partial charge on any atom is 0 e. The van der Waals surface area contributed by atoms with Crippen molar-refractivity contribution in [3.8, 4) is 0 Å². The second-order valence-corrected chi connectivity index (χ2v) is 9.10. The van der Waals surface area contributed by atoms with Crippen molar-refractivity contribution < 1.29 is 98.2 Å². The van der Waals surface area contributed by atoms with E-state index in [4.69, 9.17) is 60.3 Å². The number of carbonyl (C=O) groups is 4.